The van der Waals surface area contributed by atoms with Gasteiger partial charge in [0.05, 0.1) is 0 Å². The van der Waals surface area contributed by atoms with E-state index in [2.05, 4.69) is 0 Å². The summed E-state index contributed by atoms with van der Waals surface area (Å²) in [6.45, 7) is 1.76. The number of rotatable bonds is 3. The second-order valence-electron chi connectivity index (χ2n) is 3.23. The molecule has 0 aliphatic rings. The molecule has 1 rings (SSSR count). The summed E-state index contributed by atoms with van der Waals surface area (Å²) >= 11 is 0. The highest BCUT2D eigenvalue weighted by molar-refractivity contribution is 5.73. The molecular formula is C10H13NO3. The summed E-state index contributed by atoms with van der Waals surface area (Å²) in [6.07, 6.45) is 0.142. The van der Waals surface area contributed by atoms with E-state index in [1.165, 1.54) is 0 Å². The molecule has 0 aliphatic carbocycles. The number of carboxylic acid groups (broad SMARTS) is 1. The van der Waals surface area contributed by atoms with Crippen molar-refractivity contribution in [3.05, 3.63) is 29.3 Å². The minimum Gasteiger partial charge on any atom is -0.507 e. The van der Waals surface area contributed by atoms with Crippen molar-refractivity contribution in [2.24, 2.45) is 5.73 Å². The van der Waals surface area contributed by atoms with Gasteiger partial charge in [-0.2, -0.15) is 0 Å². The Morgan fingerprint density at radius 1 is 1.57 bits per heavy atom. The molecule has 0 amide bonds. The molecule has 14 heavy (non-hydrogen) atoms. The first kappa shape index (κ1) is 10.5. The Morgan fingerprint density at radius 2 is 2.21 bits per heavy atom. The van der Waals surface area contributed by atoms with Gasteiger partial charge in [0.15, 0.2) is 0 Å². The quantitative estimate of drug-likeness (QED) is 0.661. The molecule has 1 atom stereocenters. The van der Waals surface area contributed by atoms with E-state index >= 15 is 0 Å². The normalized spacial score (nSPS) is 12.4. The van der Waals surface area contributed by atoms with Gasteiger partial charge >= 0.3 is 5.97 Å². The standard InChI is InChI=1S/C10H13NO3/c1-6-3-2-4-7(9(6)12)5-8(11)10(13)14/h2-4,8,12H,5,11H2,1H3,(H,13,14)/t8-/m0/s1. The van der Waals surface area contributed by atoms with E-state index in [0.717, 1.165) is 5.56 Å². The van der Waals surface area contributed by atoms with Crippen LogP contribution in [0.1, 0.15) is 11.1 Å². The summed E-state index contributed by atoms with van der Waals surface area (Å²) in [5.41, 5.74) is 6.65. The van der Waals surface area contributed by atoms with Crippen LogP contribution in [0.3, 0.4) is 0 Å². The van der Waals surface area contributed by atoms with Gasteiger partial charge in [0.1, 0.15) is 11.8 Å². The molecule has 0 unspecified atom stereocenters. The molecule has 1 aromatic rings. The summed E-state index contributed by atoms with van der Waals surface area (Å²) in [4.78, 5) is 10.5. The number of phenols is 1. The van der Waals surface area contributed by atoms with Gasteiger partial charge in [-0.15, -0.1) is 0 Å². The number of hydrogen-bond donors (Lipinski definition) is 3. The SMILES string of the molecule is Cc1cccc(C[C@H](N)C(=O)O)c1O. The van der Waals surface area contributed by atoms with E-state index in [-0.39, 0.29) is 12.2 Å². The molecule has 0 saturated carbocycles. The zero-order chi connectivity index (χ0) is 10.7. The van der Waals surface area contributed by atoms with Gasteiger partial charge in [-0.3, -0.25) is 4.79 Å². The maximum absolute atomic E-state index is 10.5. The maximum Gasteiger partial charge on any atom is 0.320 e. The van der Waals surface area contributed by atoms with Crippen molar-refractivity contribution in [1.29, 1.82) is 0 Å². The lowest BCUT2D eigenvalue weighted by Gasteiger charge is -2.09. The van der Waals surface area contributed by atoms with Crippen molar-refractivity contribution in [2.75, 3.05) is 0 Å². The molecule has 0 spiro atoms. The molecule has 4 heteroatoms. The number of carbonyl (C=O) groups is 1. The molecule has 0 heterocycles. The molecule has 0 aromatic heterocycles. The lowest BCUT2D eigenvalue weighted by Crippen LogP contribution is -2.32. The zero-order valence-electron chi connectivity index (χ0n) is 7.90. The number of hydrogen-bond acceptors (Lipinski definition) is 3. The average molecular weight is 195 g/mol. The second-order valence-corrected chi connectivity index (χ2v) is 3.23. The minimum absolute atomic E-state index is 0.129. The molecule has 1 aromatic carbocycles. The third kappa shape index (κ3) is 2.23. The van der Waals surface area contributed by atoms with Crippen LogP contribution in [-0.4, -0.2) is 22.2 Å². The van der Waals surface area contributed by atoms with Gasteiger partial charge < -0.3 is 15.9 Å². The predicted octanol–water partition coefficient (Wildman–Crippen LogP) is 0.655. The Labute approximate surface area is 82.0 Å². The number of aryl methyl sites for hydroxylation is 1. The summed E-state index contributed by atoms with van der Waals surface area (Å²) in [5, 5.41) is 18.2. The molecular weight excluding hydrogens is 182 g/mol. The van der Waals surface area contributed by atoms with Gasteiger partial charge in [-0.25, -0.2) is 0 Å². The Balaban J connectivity index is 2.87. The predicted molar refractivity (Wildman–Crippen MR) is 52.2 cm³/mol. The molecule has 0 bridgehead atoms. The fraction of sp³-hybridized carbons (Fsp3) is 0.300. The Bertz CT molecular complexity index is 349. The lowest BCUT2D eigenvalue weighted by molar-refractivity contribution is -0.138. The summed E-state index contributed by atoms with van der Waals surface area (Å²) < 4.78 is 0. The van der Waals surface area contributed by atoms with Crippen molar-refractivity contribution in [3.8, 4) is 5.75 Å². The van der Waals surface area contributed by atoms with Crippen LogP contribution >= 0.6 is 0 Å². The number of benzene rings is 1. The molecule has 4 nitrogen and oxygen atoms in total. The van der Waals surface area contributed by atoms with E-state index < -0.39 is 12.0 Å². The fourth-order valence-electron chi connectivity index (χ4n) is 1.21. The first-order valence-electron chi connectivity index (χ1n) is 4.28. The summed E-state index contributed by atoms with van der Waals surface area (Å²) in [5.74, 6) is -0.935. The highest BCUT2D eigenvalue weighted by Crippen LogP contribution is 2.22. The molecule has 4 N–H and O–H groups in total. The van der Waals surface area contributed by atoms with Crippen LogP contribution in [-0.2, 0) is 11.2 Å². The van der Waals surface area contributed by atoms with E-state index in [9.17, 15) is 9.90 Å². The van der Waals surface area contributed by atoms with Crippen LogP contribution in [0.15, 0.2) is 18.2 Å². The van der Waals surface area contributed by atoms with Gasteiger partial charge in [0, 0.05) is 6.42 Å². The van der Waals surface area contributed by atoms with E-state index in [0.29, 0.717) is 5.56 Å². The number of carboxylic acids is 1. The second kappa shape index (κ2) is 4.11. The Kier molecular flexibility index (Phi) is 3.09. The minimum atomic E-state index is -1.06. The first-order valence-corrected chi connectivity index (χ1v) is 4.28. The molecule has 0 aliphatic heterocycles. The van der Waals surface area contributed by atoms with Crippen LogP contribution in [0.25, 0.3) is 0 Å². The highest BCUT2D eigenvalue weighted by Gasteiger charge is 2.14. The van der Waals surface area contributed by atoms with Crippen molar-refractivity contribution in [2.45, 2.75) is 19.4 Å². The van der Waals surface area contributed by atoms with Crippen molar-refractivity contribution in [1.82, 2.24) is 0 Å². The lowest BCUT2D eigenvalue weighted by atomic mass is 10.0. The van der Waals surface area contributed by atoms with E-state index in [1.54, 1.807) is 25.1 Å². The number of aliphatic carboxylic acids is 1. The topological polar surface area (TPSA) is 83.6 Å². The zero-order valence-corrected chi connectivity index (χ0v) is 7.90. The largest absolute Gasteiger partial charge is 0.507 e. The maximum atomic E-state index is 10.5. The fourth-order valence-corrected chi connectivity index (χ4v) is 1.21. The van der Waals surface area contributed by atoms with Crippen LogP contribution in [0.2, 0.25) is 0 Å². The highest BCUT2D eigenvalue weighted by atomic mass is 16.4. The Hall–Kier alpha value is -1.55. The monoisotopic (exact) mass is 195 g/mol. The third-order valence-electron chi connectivity index (χ3n) is 2.08. The first-order chi connectivity index (χ1) is 6.52. The number of phenolic OH excluding ortho intramolecular Hbond substituents is 1. The van der Waals surface area contributed by atoms with E-state index in [1.807, 2.05) is 0 Å². The van der Waals surface area contributed by atoms with Gasteiger partial charge in [0.25, 0.3) is 0 Å². The third-order valence-corrected chi connectivity index (χ3v) is 2.08. The van der Waals surface area contributed by atoms with Crippen LogP contribution in [0.5, 0.6) is 5.75 Å². The molecule has 0 saturated heterocycles. The van der Waals surface area contributed by atoms with Crippen LogP contribution in [0.4, 0.5) is 0 Å². The average Bonchev–Trinajstić information content (AvgIpc) is 2.12. The van der Waals surface area contributed by atoms with Crippen LogP contribution < -0.4 is 5.73 Å². The summed E-state index contributed by atoms with van der Waals surface area (Å²) in [6, 6.07) is 4.22. The van der Waals surface area contributed by atoms with Gasteiger partial charge in [-0.1, -0.05) is 18.2 Å². The molecule has 76 valence electrons. The van der Waals surface area contributed by atoms with E-state index in [4.69, 9.17) is 10.8 Å². The molecule has 0 radical (unpaired) electrons. The molecule has 0 fully saturated rings. The number of aromatic hydroxyl groups is 1. The van der Waals surface area contributed by atoms with Gasteiger partial charge in [-0.05, 0) is 18.1 Å². The van der Waals surface area contributed by atoms with Crippen molar-refractivity contribution < 1.29 is 15.0 Å². The number of para-hydroxylation sites is 1. The van der Waals surface area contributed by atoms with Crippen molar-refractivity contribution >= 4 is 5.97 Å². The Morgan fingerprint density at radius 3 is 2.79 bits per heavy atom. The van der Waals surface area contributed by atoms with Crippen LogP contribution in [0, 0.1) is 6.92 Å². The summed E-state index contributed by atoms with van der Waals surface area (Å²) in [7, 11) is 0. The van der Waals surface area contributed by atoms with Crippen molar-refractivity contribution in [3.63, 3.8) is 0 Å². The number of nitrogens with two attached hydrogens (primary N) is 1. The smallest absolute Gasteiger partial charge is 0.320 e. The van der Waals surface area contributed by atoms with Gasteiger partial charge in [0.2, 0.25) is 0 Å².